The van der Waals surface area contributed by atoms with Crippen molar-refractivity contribution >= 4 is 11.6 Å². The van der Waals surface area contributed by atoms with Gasteiger partial charge in [-0.1, -0.05) is 54.9 Å². The lowest BCUT2D eigenvalue weighted by molar-refractivity contribution is 0.676. The van der Waals surface area contributed by atoms with Crippen molar-refractivity contribution in [3.63, 3.8) is 0 Å². The highest BCUT2D eigenvalue weighted by molar-refractivity contribution is 6.30. The molecule has 0 amide bonds. The Morgan fingerprint density at radius 3 is 2.56 bits per heavy atom. The first-order valence-corrected chi connectivity index (χ1v) is 6.73. The summed E-state index contributed by atoms with van der Waals surface area (Å²) in [5.74, 6) is 0. The van der Waals surface area contributed by atoms with Crippen molar-refractivity contribution in [2.75, 3.05) is 6.54 Å². The van der Waals surface area contributed by atoms with E-state index < -0.39 is 0 Å². The van der Waals surface area contributed by atoms with Gasteiger partial charge in [-0.15, -0.1) is 0 Å². The van der Waals surface area contributed by atoms with Crippen LogP contribution in [0.3, 0.4) is 0 Å². The molecule has 0 spiro atoms. The van der Waals surface area contributed by atoms with Crippen LogP contribution in [0.2, 0.25) is 5.02 Å². The first kappa shape index (κ1) is 13.1. The third-order valence-corrected chi connectivity index (χ3v) is 3.13. The smallest absolute Gasteiger partial charge is 0.0412 e. The number of rotatable bonds is 5. The molecular weight excluding hydrogens is 242 g/mol. The van der Waals surface area contributed by atoms with Crippen molar-refractivity contribution in [1.29, 1.82) is 0 Å². The predicted octanol–water partition coefficient (Wildman–Crippen LogP) is 4.51. The topological polar surface area (TPSA) is 12.0 Å². The Morgan fingerprint density at radius 2 is 1.83 bits per heavy atom. The largest absolute Gasteiger partial charge is 0.313 e. The van der Waals surface area contributed by atoms with E-state index in [4.69, 9.17) is 11.6 Å². The summed E-state index contributed by atoms with van der Waals surface area (Å²) >= 11 is 6.11. The second-order valence-corrected chi connectivity index (χ2v) is 4.78. The molecule has 2 heteroatoms. The third kappa shape index (κ3) is 3.34. The average Bonchev–Trinajstić information content (AvgIpc) is 2.41. The van der Waals surface area contributed by atoms with Gasteiger partial charge < -0.3 is 5.32 Å². The van der Waals surface area contributed by atoms with E-state index in [0.29, 0.717) is 0 Å². The number of halogens is 1. The maximum Gasteiger partial charge on any atom is 0.0412 e. The molecule has 0 atom stereocenters. The van der Waals surface area contributed by atoms with E-state index in [-0.39, 0.29) is 0 Å². The highest BCUT2D eigenvalue weighted by atomic mass is 35.5. The first-order chi connectivity index (χ1) is 8.81. The molecule has 0 fully saturated rings. The van der Waals surface area contributed by atoms with Gasteiger partial charge in [0.15, 0.2) is 0 Å². The highest BCUT2D eigenvalue weighted by Crippen LogP contribution is 2.26. The minimum atomic E-state index is 0.785. The highest BCUT2D eigenvalue weighted by Gasteiger charge is 2.05. The molecule has 0 aliphatic heterocycles. The van der Waals surface area contributed by atoms with Crippen LogP contribution < -0.4 is 5.32 Å². The van der Waals surface area contributed by atoms with Gasteiger partial charge in [-0.3, -0.25) is 0 Å². The predicted molar refractivity (Wildman–Crippen MR) is 78.9 cm³/mol. The van der Waals surface area contributed by atoms with Crippen LogP contribution in [-0.2, 0) is 6.54 Å². The zero-order chi connectivity index (χ0) is 12.8. The van der Waals surface area contributed by atoms with E-state index >= 15 is 0 Å². The van der Waals surface area contributed by atoms with Gasteiger partial charge in [0.05, 0.1) is 0 Å². The summed E-state index contributed by atoms with van der Waals surface area (Å²) in [6, 6.07) is 16.5. The lowest BCUT2D eigenvalue weighted by atomic mass is 10.00. The molecule has 1 N–H and O–H groups in total. The van der Waals surface area contributed by atoms with Crippen LogP contribution >= 0.6 is 11.6 Å². The van der Waals surface area contributed by atoms with Crippen LogP contribution in [0, 0.1) is 0 Å². The van der Waals surface area contributed by atoms with Gasteiger partial charge >= 0.3 is 0 Å². The molecule has 0 aliphatic rings. The summed E-state index contributed by atoms with van der Waals surface area (Å²) in [6.45, 7) is 4.10. The standard InChI is InChI=1S/C16H18ClN/c1-2-10-18-12-14-8-9-15(17)11-16(14)13-6-4-3-5-7-13/h3-9,11,18H,2,10,12H2,1H3. The summed E-state index contributed by atoms with van der Waals surface area (Å²) in [5, 5.41) is 4.22. The number of hydrogen-bond acceptors (Lipinski definition) is 1. The summed E-state index contributed by atoms with van der Waals surface area (Å²) in [4.78, 5) is 0. The molecule has 0 radical (unpaired) electrons. The molecule has 2 aromatic rings. The zero-order valence-electron chi connectivity index (χ0n) is 10.6. The molecule has 1 nitrogen and oxygen atoms in total. The van der Waals surface area contributed by atoms with E-state index in [1.807, 2.05) is 18.2 Å². The Bertz CT molecular complexity index is 494. The van der Waals surface area contributed by atoms with Crippen LogP contribution in [0.1, 0.15) is 18.9 Å². The second kappa shape index (κ2) is 6.58. The van der Waals surface area contributed by atoms with Gasteiger partial charge in [0, 0.05) is 11.6 Å². The van der Waals surface area contributed by atoms with Crippen LogP contribution in [-0.4, -0.2) is 6.54 Å². The van der Waals surface area contributed by atoms with Crippen LogP contribution in [0.15, 0.2) is 48.5 Å². The first-order valence-electron chi connectivity index (χ1n) is 6.36. The lowest BCUT2D eigenvalue weighted by Gasteiger charge is -2.11. The molecule has 94 valence electrons. The van der Waals surface area contributed by atoms with E-state index in [2.05, 4.69) is 42.6 Å². The molecular formula is C16H18ClN. The minimum absolute atomic E-state index is 0.785. The summed E-state index contributed by atoms with van der Waals surface area (Å²) in [5.41, 5.74) is 3.72. The zero-order valence-corrected chi connectivity index (χ0v) is 11.4. The Kier molecular flexibility index (Phi) is 4.80. The fourth-order valence-electron chi connectivity index (χ4n) is 1.99. The van der Waals surface area contributed by atoms with Gasteiger partial charge in [-0.2, -0.15) is 0 Å². The van der Waals surface area contributed by atoms with Crippen molar-refractivity contribution in [2.45, 2.75) is 19.9 Å². The average molecular weight is 260 g/mol. The fraction of sp³-hybridized carbons (Fsp3) is 0.250. The Morgan fingerprint density at radius 1 is 1.06 bits per heavy atom. The van der Waals surface area contributed by atoms with Crippen molar-refractivity contribution in [3.8, 4) is 11.1 Å². The van der Waals surface area contributed by atoms with E-state index in [0.717, 1.165) is 24.5 Å². The molecule has 0 aromatic heterocycles. The monoisotopic (exact) mass is 259 g/mol. The lowest BCUT2D eigenvalue weighted by Crippen LogP contribution is -2.14. The number of benzene rings is 2. The molecule has 0 unspecified atom stereocenters. The molecule has 0 saturated carbocycles. The van der Waals surface area contributed by atoms with Crippen molar-refractivity contribution in [1.82, 2.24) is 5.32 Å². The van der Waals surface area contributed by atoms with Crippen molar-refractivity contribution < 1.29 is 0 Å². The van der Waals surface area contributed by atoms with E-state index in [1.54, 1.807) is 0 Å². The Labute approximate surface area is 114 Å². The van der Waals surface area contributed by atoms with Crippen LogP contribution in [0.4, 0.5) is 0 Å². The van der Waals surface area contributed by atoms with Crippen LogP contribution in [0.5, 0.6) is 0 Å². The molecule has 18 heavy (non-hydrogen) atoms. The number of nitrogens with one attached hydrogen (secondary N) is 1. The molecule has 0 aliphatic carbocycles. The van der Waals surface area contributed by atoms with Gasteiger partial charge in [0.25, 0.3) is 0 Å². The Hall–Kier alpha value is -1.31. The maximum absolute atomic E-state index is 6.11. The summed E-state index contributed by atoms with van der Waals surface area (Å²) in [6.07, 6.45) is 1.15. The minimum Gasteiger partial charge on any atom is -0.313 e. The maximum atomic E-state index is 6.11. The van der Waals surface area contributed by atoms with Gasteiger partial charge in [0.1, 0.15) is 0 Å². The van der Waals surface area contributed by atoms with Gasteiger partial charge in [0.2, 0.25) is 0 Å². The number of hydrogen-bond donors (Lipinski definition) is 1. The third-order valence-electron chi connectivity index (χ3n) is 2.90. The SMILES string of the molecule is CCCNCc1ccc(Cl)cc1-c1ccccc1. The van der Waals surface area contributed by atoms with Gasteiger partial charge in [-0.05, 0) is 41.8 Å². The fourth-order valence-corrected chi connectivity index (χ4v) is 2.16. The van der Waals surface area contributed by atoms with Crippen molar-refractivity contribution in [2.24, 2.45) is 0 Å². The quantitative estimate of drug-likeness (QED) is 0.780. The van der Waals surface area contributed by atoms with E-state index in [1.165, 1.54) is 16.7 Å². The molecule has 0 bridgehead atoms. The van der Waals surface area contributed by atoms with E-state index in [9.17, 15) is 0 Å². The van der Waals surface area contributed by atoms with Gasteiger partial charge in [-0.25, -0.2) is 0 Å². The Balaban J connectivity index is 2.29. The normalized spacial score (nSPS) is 10.6. The summed E-state index contributed by atoms with van der Waals surface area (Å²) in [7, 11) is 0. The molecule has 2 aromatic carbocycles. The molecule has 0 heterocycles. The molecule has 0 saturated heterocycles. The second-order valence-electron chi connectivity index (χ2n) is 4.34. The summed E-state index contributed by atoms with van der Waals surface area (Å²) < 4.78 is 0. The molecule has 2 rings (SSSR count). The van der Waals surface area contributed by atoms with Crippen LogP contribution in [0.25, 0.3) is 11.1 Å². The van der Waals surface area contributed by atoms with Crippen molar-refractivity contribution in [3.05, 3.63) is 59.1 Å².